The Balaban J connectivity index is 7.56. The summed E-state index contributed by atoms with van der Waals surface area (Å²) < 4.78 is 97.1. The Hall–Kier alpha value is 0.120. The predicted octanol–water partition coefficient (Wildman–Crippen LogP) is 18.2. The van der Waals surface area contributed by atoms with E-state index in [1.165, 1.54) is 0 Å². The number of rotatable bonds is 48. The Bertz CT molecular complexity index is 1930. The molecule has 0 aliphatic rings. The SMILES string of the molecule is CCCCC(CCCC)(c1c(C(CCCC)(CCCC)P(=O)(O)O)c(C(CCCC)(CCCC)P(=O)(O)O)c(C(CCCC)(CCCC)P(=O)(O)O)c(C(CCCC)(CCCC)P(=O)(O)O)c1C(CCCC)(CCCC)P(=O)(O)O)P(=O)(O)O. The lowest BCUT2D eigenvalue weighted by Crippen LogP contribution is -2.48. The van der Waals surface area contributed by atoms with Crippen molar-refractivity contribution in [2.45, 2.75) is 345 Å². The lowest BCUT2D eigenvalue weighted by Gasteiger charge is -2.55. The van der Waals surface area contributed by atoms with Gasteiger partial charge >= 0.3 is 45.6 Å². The number of benzene rings is 1. The van der Waals surface area contributed by atoms with E-state index in [-0.39, 0.29) is 154 Å². The standard InChI is InChI=1S/C60H120O18P6/c1-13-25-37-55(38-26-14-2,79(61,62)63)49-50(56(39-27-15-3,40-28-16-4)80(64,65)66)52(58(43-31-19-7,44-32-20-8)82(70,71)72)54(60(47-35-23-11,48-36-24-12)84(76,77)78)53(59(45-33-21-9,46-34-22-10)83(73,74)75)51(49)57(41-29-17-5,42-30-18-6)81(67,68)69/h13-48H2,1-12H3,(H2,61,62,63)(H2,64,65,66)(H2,67,68,69)(H2,70,71,72)(H2,73,74,75)(H2,76,77,78). The minimum absolute atomic E-state index is 0.0240. The molecule has 0 fully saturated rings. The van der Waals surface area contributed by atoms with Crippen LogP contribution in [0.15, 0.2) is 0 Å². The summed E-state index contributed by atoms with van der Waals surface area (Å²) in [5, 5.41) is -16.7. The van der Waals surface area contributed by atoms with Gasteiger partial charge in [-0.25, -0.2) is 0 Å². The van der Waals surface area contributed by atoms with Gasteiger partial charge in [-0.1, -0.05) is 237 Å². The van der Waals surface area contributed by atoms with Gasteiger partial charge in [-0.15, -0.1) is 0 Å². The second-order valence-corrected chi connectivity index (χ2v) is 36.6. The quantitative estimate of drug-likeness (QED) is 0.0270. The second-order valence-electron chi connectivity index (χ2n) is 24.9. The van der Waals surface area contributed by atoms with Crippen molar-refractivity contribution in [2.24, 2.45) is 0 Å². The molecule has 0 aromatic heterocycles. The summed E-state index contributed by atoms with van der Waals surface area (Å²) >= 11 is 0. The van der Waals surface area contributed by atoms with Crippen molar-refractivity contribution >= 4 is 45.6 Å². The van der Waals surface area contributed by atoms with Crippen LogP contribution in [0.5, 0.6) is 0 Å². The third-order valence-electron chi connectivity index (χ3n) is 19.0. The summed E-state index contributed by atoms with van der Waals surface area (Å²) in [6, 6.07) is 0. The molecule has 1 rings (SSSR count). The van der Waals surface area contributed by atoms with Crippen molar-refractivity contribution < 1.29 is 86.1 Å². The Morgan fingerprint density at radius 2 is 0.262 bits per heavy atom. The summed E-state index contributed by atoms with van der Waals surface area (Å²) in [6.07, 6.45) is -3.70. The van der Waals surface area contributed by atoms with Crippen LogP contribution >= 0.6 is 45.6 Å². The highest BCUT2D eigenvalue weighted by atomic mass is 31.2. The molecule has 0 heterocycles. The van der Waals surface area contributed by atoms with Gasteiger partial charge in [-0.3, -0.25) is 27.4 Å². The van der Waals surface area contributed by atoms with Crippen molar-refractivity contribution in [3.63, 3.8) is 0 Å². The van der Waals surface area contributed by atoms with Gasteiger partial charge in [-0.2, -0.15) is 0 Å². The van der Waals surface area contributed by atoms with Crippen LogP contribution < -0.4 is 0 Å². The lowest BCUT2D eigenvalue weighted by molar-refractivity contribution is 0.255. The zero-order valence-electron chi connectivity index (χ0n) is 54.0. The molecule has 0 amide bonds. The molecule has 84 heavy (non-hydrogen) atoms. The van der Waals surface area contributed by atoms with Crippen LogP contribution in [-0.2, 0) is 58.3 Å². The first-order chi connectivity index (χ1) is 39.0. The van der Waals surface area contributed by atoms with E-state index in [1.807, 2.05) is 0 Å². The highest BCUT2D eigenvalue weighted by Gasteiger charge is 2.69. The van der Waals surface area contributed by atoms with Crippen LogP contribution in [0, 0.1) is 0 Å². The van der Waals surface area contributed by atoms with E-state index in [0.29, 0.717) is 0 Å². The smallest absolute Gasteiger partial charge is 0.324 e. The van der Waals surface area contributed by atoms with Gasteiger partial charge in [0.25, 0.3) is 0 Å². The van der Waals surface area contributed by atoms with E-state index in [2.05, 4.69) is 0 Å². The van der Waals surface area contributed by atoms with Gasteiger partial charge in [0.2, 0.25) is 0 Å². The largest absolute Gasteiger partial charge is 0.336 e. The topological polar surface area (TPSA) is 345 Å². The van der Waals surface area contributed by atoms with Crippen LogP contribution in [0.25, 0.3) is 0 Å². The molecule has 1 aromatic rings. The minimum atomic E-state index is -6.07. The molecule has 0 saturated heterocycles. The summed E-state index contributed by atoms with van der Waals surface area (Å²) in [7, 11) is -36.4. The molecule has 0 radical (unpaired) electrons. The first kappa shape index (κ1) is 82.1. The van der Waals surface area contributed by atoms with Gasteiger partial charge in [0.1, 0.15) is 0 Å². The van der Waals surface area contributed by atoms with Crippen molar-refractivity contribution in [2.75, 3.05) is 0 Å². The third-order valence-corrected chi connectivity index (χ3v) is 29.7. The van der Waals surface area contributed by atoms with Gasteiger partial charge in [0, 0.05) is 0 Å². The highest BCUT2D eigenvalue weighted by Crippen LogP contribution is 2.81. The molecule has 0 aliphatic heterocycles. The van der Waals surface area contributed by atoms with Gasteiger partial charge in [-0.05, 0) is 110 Å². The van der Waals surface area contributed by atoms with Gasteiger partial charge in [0.05, 0.1) is 30.9 Å². The maximum absolute atomic E-state index is 16.2. The molecule has 0 atom stereocenters. The van der Waals surface area contributed by atoms with Crippen LogP contribution in [0.3, 0.4) is 0 Å². The van der Waals surface area contributed by atoms with Crippen molar-refractivity contribution in [3.8, 4) is 0 Å². The van der Waals surface area contributed by atoms with E-state index in [1.54, 1.807) is 83.1 Å². The van der Waals surface area contributed by atoms with Crippen LogP contribution in [-0.4, -0.2) is 58.7 Å². The second kappa shape index (κ2) is 35.2. The van der Waals surface area contributed by atoms with Crippen molar-refractivity contribution in [1.29, 1.82) is 0 Å². The molecule has 18 nitrogen and oxygen atoms in total. The van der Waals surface area contributed by atoms with Crippen LogP contribution in [0.1, 0.15) is 348 Å². The monoisotopic (exact) mass is 1310 g/mol. The van der Waals surface area contributed by atoms with Crippen molar-refractivity contribution in [1.82, 2.24) is 0 Å². The first-order valence-corrected chi connectivity index (χ1v) is 42.2. The Morgan fingerprint density at radius 3 is 0.310 bits per heavy atom. The zero-order valence-corrected chi connectivity index (χ0v) is 59.3. The fraction of sp³-hybridized carbons (Fsp3) is 0.900. The Morgan fingerprint density at radius 1 is 0.190 bits per heavy atom. The summed E-state index contributed by atoms with van der Waals surface area (Å²) in [5.41, 5.74) is -4.00. The molecule has 0 spiro atoms. The third kappa shape index (κ3) is 17.8. The molecular weight excluding hydrogens is 1190 g/mol. The minimum Gasteiger partial charge on any atom is -0.324 e. The fourth-order valence-electron chi connectivity index (χ4n) is 14.0. The van der Waals surface area contributed by atoms with E-state index < -0.39 is 187 Å². The van der Waals surface area contributed by atoms with Gasteiger partial charge < -0.3 is 58.7 Å². The molecule has 12 N–H and O–H groups in total. The zero-order chi connectivity index (χ0) is 64.9. The van der Waals surface area contributed by atoms with Crippen LogP contribution in [0.4, 0.5) is 0 Å². The number of hydrogen-bond donors (Lipinski definition) is 12. The Labute approximate surface area is 507 Å². The van der Waals surface area contributed by atoms with E-state index in [9.17, 15) is 58.7 Å². The lowest BCUT2D eigenvalue weighted by atomic mass is 9.61. The molecule has 0 bridgehead atoms. The predicted molar refractivity (Wildman–Crippen MR) is 343 cm³/mol. The number of hydrogen-bond acceptors (Lipinski definition) is 6. The van der Waals surface area contributed by atoms with Crippen LogP contribution in [0.2, 0.25) is 0 Å². The average molecular weight is 1320 g/mol. The van der Waals surface area contributed by atoms with E-state index >= 15 is 27.4 Å². The summed E-state index contributed by atoms with van der Waals surface area (Å²) in [6.45, 7) is 21.1. The Kier molecular flexibility index (Phi) is 34.5. The maximum Gasteiger partial charge on any atom is 0.336 e. The first-order valence-electron chi connectivity index (χ1n) is 32.6. The molecule has 0 aliphatic carbocycles. The van der Waals surface area contributed by atoms with Crippen molar-refractivity contribution in [3.05, 3.63) is 33.4 Å². The van der Waals surface area contributed by atoms with E-state index in [0.717, 1.165) is 0 Å². The molecule has 0 unspecified atom stereocenters. The molecular formula is C60H120O18P6. The summed E-state index contributed by atoms with van der Waals surface area (Å²) in [5.74, 6) is 0. The normalized spacial score (nSPS) is 14.3. The van der Waals surface area contributed by atoms with E-state index in [4.69, 9.17) is 0 Å². The fourth-order valence-corrected chi connectivity index (χ4v) is 22.5. The maximum atomic E-state index is 16.2. The molecule has 0 saturated carbocycles. The molecule has 24 heteroatoms. The highest BCUT2D eigenvalue weighted by molar-refractivity contribution is 7.55. The summed E-state index contributed by atoms with van der Waals surface area (Å²) in [4.78, 5) is 157. The molecule has 498 valence electrons. The molecule has 1 aromatic carbocycles. The average Bonchev–Trinajstić information content (AvgIpc) is 0.686. The number of unbranched alkanes of at least 4 members (excludes halogenated alkanes) is 12. The van der Waals surface area contributed by atoms with Gasteiger partial charge in [0.15, 0.2) is 0 Å².